The Labute approximate surface area is 132 Å². The number of ketones is 1. The molecule has 0 amide bonds. The number of Topliss-reactive ketones (excluding diaryl/α,β-unsaturated/α-hetero) is 1. The molecule has 0 saturated carbocycles. The van der Waals surface area contributed by atoms with Crippen molar-refractivity contribution >= 4 is 24.8 Å². The molecule has 0 radical (unpaired) electrons. The van der Waals surface area contributed by atoms with Crippen LogP contribution < -0.4 is 0 Å². The van der Waals surface area contributed by atoms with Crippen LogP contribution in [0.3, 0.4) is 0 Å². The highest BCUT2D eigenvalue weighted by atomic mass is 28.3. The van der Waals surface area contributed by atoms with Crippen LogP contribution in [0.2, 0.25) is 25.7 Å². The Kier molecular flexibility index (Phi) is 5.17. The molecule has 0 N–H and O–H groups in total. The number of para-hydroxylation sites is 1. The van der Waals surface area contributed by atoms with Crippen molar-refractivity contribution in [1.82, 2.24) is 4.57 Å². The predicted molar refractivity (Wildman–Crippen MR) is 90.6 cm³/mol. The van der Waals surface area contributed by atoms with Gasteiger partial charge in [-0.3, -0.25) is 4.79 Å². The minimum Gasteiger partial charge on any atom is -0.361 e. The fourth-order valence-electron chi connectivity index (χ4n) is 2.28. The van der Waals surface area contributed by atoms with E-state index in [4.69, 9.17) is 10.00 Å². The number of fused-ring (bicyclic) bond motifs is 1. The molecule has 116 valence electrons. The minimum atomic E-state index is -1.13. The average Bonchev–Trinajstić information content (AvgIpc) is 2.82. The van der Waals surface area contributed by atoms with E-state index in [1.165, 1.54) is 0 Å². The SMILES string of the molecule is C[Si](C)(C)CCOCn1c(C(=O)CC#N)cc2ccccc21. The molecule has 0 atom stereocenters. The van der Waals surface area contributed by atoms with Crippen molar-refractivity contribution in [2.24, 2.45) is 0 Å². The molecule has 0 aliphatic carbocycles. The highest BCUT2D eigenvalue weighted by Gasteiger charge is 2.16. The van der Waals surface area contributed by atoms with E-state index in [2.05, 4.69) is 19.6 Å². The lowest BCUT2D eigenvalue weighted by Crippen LogP contribution is -2.22. The second kappa shape index (κ2) is 6.90. The smallest absolute Gasteiger partial charge is 0.193 e. The molecule has 4 nitrogen and oxygen atoms in total. The van der Waals surface area contributed by atoms with Crippen molar-refractivity contribution in [2.45, 2.75) is 38.8 Å². The number of carbonyl (C=O) groups excluding carboxylic acids is 1. The number of nitrogens with zero attached hydrogens (tertiary/aromatic N) is 2. The fraction of sp³-hybridized carbons (Fsp3) is 0.412. The van der Waals surface area contributed by atoms with Crippen LogP contribution in [0.4, 0.5) is 0 Å². The van der Waals surface area contributed by atoms with E-state index in [1.807, 2.05) is 41.0 Å². The molecule has 0 unspecified atom stereocenters. The molecule has 1 heterocycles. The van der Waals surface area contributed by atoms with E-state index in [0.29, 0.717) is 19.0 Å². The number of hydrogen-bond acceptors (Lipinski definition) is 3. The van der Waals surface area contributed by atoms with Gasteiger partial charge in [0.15, 0.2) is 5.78 Å². The molecule has 0 aliphatic rings. The summed E-state index contributed by atoms with van der Waals surface area (Å²) in [5.74, 6) is -0.160. The highest BCUT2D eigenvalue weighted by molar-refractivity contribution is 6.76. The Bertz CT molecular complexity index is 707. The molecule has 1 aromatic heterocycles. The third-order valence-electron chi connectivity index (χ3n) is 3.55. The zero-order valence-corrected chi connectivity index (χ0v) is 14.4. The van der Waals surface area contributed by atoms with E-state index in [9.17, 15) is 4.79 Å². The van der Waals surface area contributed by atoms with Gasteiger partial charge in [0.25, 0.3) is 0 Å². The largest absolute Gasteiger partial charge is 0.361 e. The number of hydrogen-bond donors (Lipinski definition) is 0. The van der Waals surface area contributed by atoms with Crippen LogP contribution in [-0.2, 0) is 11.5 Å². The Morgan fingerprint density at radius 1 is 1.32 bits per heavy atom. The lowest BCUT2D eigenvalue weighted by atomic mass is 10.2. The quantitative estimate of drug-likeness (QED) is 0.440. The predicted octanol–water partition coefficient (Wildman–Crippen LogP) is 4.05. The van der Waals surface area contributed by atoms with Gasteiger partial charge in [0, 0.05) is 20.1 Å². The van der Waals surface area contributed by atoms with E-state index < -0.39 is 8.07 Å². The number of aromatic nitrogens is 1. The van der Waals surface area contributed by atoms with Crippen molar-refractivity contribution in [3.8, 4) is 6.07 Å². The van der Waals surface area contributed by atoms with Gasteiger partial charge in [0.05, 0.1) is 17.3 Å². The third kappa shape index (κ3) is 4.06. The summed E-state index contributed by atoms with van der Waals surface area (Å²) in [7, 11) is -1.13. The number of carbonyl (C=O) groups is 1. The van der Waals surface area contributed by atoms with E-state index in [-0.39, 0.29) is 12.2 Å². The van der Waals surface area contributed by atoms with Crippen LogP contribution in [0.25, 0.3) is 10.9 Å². The number of rotatable bonds is 7. The van der Waals surface area contributed by atoms with Crippen LogP contribution in [0.15, 0.2) is 30.3 Å². The van der Waals surface area contributed by atoms with Gasteiger partial charge >= 0.3 is 0 Å². The van der Waals surface area contributed by atoms with Crippen LogP contribution >= 0.6 is 0 Å². The van der Waals surface area contributed by atoms with Crippen LogP contribution in [-0.4, -0.2) is 25.0 Å². The second-order valence-electron chi connectivity index (χ2n) is 6.62. The van der Waals surface area contributed by atoms with Gasteiger partial charge in [0.2, 0.25) is 0 Å². The monoisotopic (exact) mass is 314 g/mol. The van der Waals surface area contributed by atoms with Crippen LogP contribution in [0.5, 0.6) is 0 Å². The number of nitriles is 1. The minimum absolute atomic E-state index is 0.106. The molecule has 22 heavy (non-hydrogen) atoms. The Morgan fingerprint density at radius 2 is 2.05 bits per heavy atom. The lowest BCUT2D eigenvalue weighted by Gasteiger charge is -2.16. The maximum Gasteiger partial charge on any atom is 0.193 e. The fourth-order valence-corrected chi connectivity index (χ4v) is 3.03. The van der Waals surface area contributed by atoms with Gasteiger partial charge in [-0.1, -0.05) is 37.8 Å². The molecule has 0 bridgehead atoms. The topological polar surface area (TPSA) is 55.0 Å². The second-order valence-corrected chi connectivity index (χ2v) is 12.2. The Balaban J connectivity index is 2.20. The highest BCUT2D eigenvalue weighted by Crippen LogP contribution is 2.21. The van der Waals surface area contributed by atoms with Gasteiger partial charge in [-0.15, -0.1) is 0 Å². The molecule has 0 spiro atoms. The third-order valence-corrected chi connectivity index (χ3v) is 5.26. The summed E-state index contributed by atoms with van der Waals surface area (Å²) in [4.78, 5) is 12.1. The molecule has 1 aromatic carbocycles. The van der Waals surface area contributed by atoms with Crippen molar-refractivity contribution < 1.29 is 9.53 Å². The first-order chi connectivity index (χ1) is 10.4. The molecule has 0 saturated heterocycles. The Hall–Kier alpha value is -1.90. The zero-order valence-electron chi connectivity index (χ0n) is 13.4. The standard InChI is InChI=1S/C17H22N2O2Si/c1-22(2,3)11-10-21-13-19-15-7-5-4-6-14(15)12-16(19)17(20)8-9-18/h4-7,12H,8,10-11,13H2,1-3H3. The normalized spacial score (nSPS) is 11.5. The van der Waals surface area contributed by atoms with Gasteiger partial charge < -0.3 is 9.30 Å². The lowest BCUT2D eigenvalue weighted by molar-refractivity contribution is 0.0830. The molecule has 2 aromatic rings. The van der Waals surface area contributed by atoms with Crippen molar-refractivity contribution in [3.63, 3.8) is 0 Å². The molecule has 2 rings (SSSR count). The summed E-state index contributed by atoms with van der Waals surface area (Å²) in [6.45, 7) is 7.98. The zero-order chi connectivity index (χ0) is 16.2. The van der Waals surface area contributed by atoms with E-state index in [1.54, 1.807) is 0 Å². The van der Waals surface area contributed by atoms with Crippen molar-refractivity contribution in [3.05, 3.63) is 36.0 Å². The molecule has 0 fully saturated rings. The summed E-state index contributed by atoms with van der Waals surface area (Å²) >= 11 is 0. The van der Waals surface area contributed by atoms with Gasteiger partial charge in [-0.2, -0.15) is 5.26 Å². The first kappa shape index (κ1) is 16.5. The summed E-state index contributed by atoms with van der Waals surface area (Å²) in [5.41, 5.74) is 1.52. The van der Waals surface area contributed by atoms with Crippen LogP contribution in [0, 0.1) is 11.3 Å². The first-order valence-electron chi connectivity index (χ1n) is 7.48. The summed E-state index contributed by atoms with van der Waals surface area (Å²) in [5, 5.41) is 9.76. The maximum atomic E-state index is 12.1. The molecular weight excluding hydrogens is 292 g/mol. The van der Waals surface area contributed by atoms with Gasteiger partial charge in [-0.05, 0) is 18.2 Å². The van der Waals surface area contributed by atoms with E-state index in [0.717, 1.165) is 16.9 Å². The summed E-state index contributed by atoms with van der Waals surface area (Å²) in [6.07, 6.45) is -0.106. The molecular formula is C17H22N2O2Si. The van der Waals surface area contributed by atoms with Crippen molar-refractivity contribution in [2.75, 3.05) is 6.61 Å². The maximum absolute atomic E-state index is 12.1. The average molecular weight is 314 g/mol. The Morgan fingerprint density at radius 3 is 2.73 bits per heavy atom. The molecule has 5 heteroatoms. The van der Waals surface area contributed by atoms with Crippen molar-refractivity contribution in [1.29, 1.82) is 5.26 Å². The summed E-state index contributed by atoms with van der Waals surface area (Å²) < 4.78 is 7.67. The number of ether oxygens (including phenoxy) is 1. The summed E-state index contributed by atoms with van der Waals surface area (Å²) in [6, 6.07) is 12.7. The molecule has 0 aliphatic heterocycles. The van der Waals surface area contributed by atoms with E-state index >= 15 is 0 Å². The first-order valence-corrected chi connectivity index (χ1v) is 11.2. The van der Waals surface area contributed by atoms with Gasteiger partial charge in [0.1, 0.15) is 13.2 Å². The van der Waals surface area contributed by atoms with Gasteiger partial charge in [-0.25, -0.2) is 0 Å². The van der Waals surface area contributed by atoms with Crippen LogP contribution in [0.1, 0.15) is 16.9 Å². The number of benzene rings is 1.